The fourth-order valence-corrected chi connectivity index (χ4v) is 4.12. The van der Waals surface area contributed by atoms with E-state index in [9.17, 15) is 0 Å². The van der Waals surface area contributed by atoms with Gasteiger partial charge in [0.05, 0.1) is 13.3 Å². The van der Waals surface area contributed by atoms with Crippen molar-refractivity contribution in [3.63, 3.8) is 0 Å². The minimum Gasteiger partial charge on any atom is -0.497 e. The van der Waals surface area contributed by atoms with Gasteiger partial charge >= 0.3 is 0 Å². The first kappa shape index (κ1) is 19.3. The van der Waals surface area contributed by atoms with E-state index in [-0.39, 0.29) is 0 Å². The van der Waals surface area contributed by atoms with Crippen molar-refractivity contribution < 1.29 is 4.74 Å². The zero-order valence-electron chi connectivity index (χ0n) is 17.2. The molecule has 2 aromatic heterocycles. The Morgan fingerprint density at radius 2 is 1.81 bits per heavy atom. The Balaban J connectivity index is 1.56. The van der Waals surface area contributed by atoms with E-state index in [0.29, 0.717) is 10.6 Å². The number of ether oxygens (including phenoxy) is 1. The Hall–Kier alpha value is -3.71. The first-order valence-electron chi connectivity index (χ1n) is 10.1. The van der Waals surface area contributed by atoms with E-state index in [2.05, 4.69) is 69.3 Å². The first-order valence-corrected chi connectivity index (χ1v) is 10.5. The van der Waals surface area contributed by atoms with Gasteiger partial charge in [0, 0.05) is 33.9 Å². The Kier molecular flexibility index (Phi) is 4.88. The van der Waals surface area contributed by atoms with Crippen molar-refractivity contribution in [2.45, 2.75) is 13.5 Å². The Labute approximate surface area is 184 Å². The van der Waals surface area contributed by atoms with Crippen LogP contribution in [0.2, 0.25) is 0 Å². The van der Waals surface area contributed by atoms with Crippen molar-refractivity contribution in [3.8, 4) is 17.1 Å². The number of methoxy groups -OCH3 is 1. The molecule has 7 heteroatoms. The highest BCUT2D eigenvalue weighted by Crippen LogP contribution is 2.29. The topological polar surface area (TPSA) is 60.1 Å². The van der Waals surface area contributed by atoms with Crippen LogP contribution >= 0.6 is 12.2 Å². The number of aromatic nitrogens is 4. The van der Waals surface area contributed by atoms with E-state index in [1.54, 1.807) is 11.8 Å². The maximum atomic E-state index is 5.40. The van der Waals surface area contributed by atoms with Crippen LogP contribution < -0.4 is 4.74 Å². The summed E-state index contributed by atoms with van der Waals surface area (Å²) in [6.07, 6.45) is 1.82. The van der Waals surface area contributed by atoms with Crippen LogP contribution in [0, 0.1) is 4.77 Å². The molecule has 0 fully saturated rings. The highest BCUT2D eigenvalue weighted by molar-refractivity contribution is 7.71. The molecule has 1 N–H and O–H groups in total. The summed E-state index contributed by atoms with van der Waals surface area (Å²) in [5.41, 5.74) is 4.36. The standard InChI is InChI=1S/C24H21N5OS/c1-3-28-21-7-5-4-6-19(21)20-14-16(8-13-22(20)28)15-25-29-23(26-27-24(29)31)17-9-11-18(30-2)12-10-17/h4-15H,3H2,1-2H3,(H,27,31). The van der Waals surface area contributed by atoms with E-state index in [0.717, 1.165) is 23.4 Å². The number of aromatic amines is 1. The lowest BCUT2D eigenvalue weighted by atomic mass is 10.1. The van der Waals surface area contributed by atoms with Crippen LogP contribution in [0.1, 0.15) is 12.5 Å². The second kappa shape index (κ2) is 7.85. The van der Waals surface area contributed by atoms with Gasteiger partial charge in [-0.2, -0.15) is 14.9 Å². The largest absolute Gasteiger partial charge is 0.497 e. The highest BCUT2D eigenvalue weighted by atomic mass is 32.1. The molecular formula is C24H21N5OS. The third-order valence-corrected chi connectivity index (χ3v) is 5.70. The van der Waals surface area contributed by atoms with Gasteiger partial charge in [-0.15, -0.1) is 0 Å². The number of hydrogen-bond donors (Lipinski definition) is 1. The summed E-state index contributed by atoms with van der Waals surface area (Å²) in [5, 5.41) is 14.3. The second-order valence-electron chi connectivity index (χ2n) is 7.18. The van der Waals surface area contributed by atoms with Gasteiger partial charge in [-0.05, 0) is 67.2 Å². The van der Waals surface area contributed by atoms with E-state index in [1.165, 1.54) is 21.8 Å². The average Bonchev–Trinajstić information content (AvgIpc) is 3.34. The Bertz CT molecular complexity index is 1470. The molecule has 3 aromatic carbocycles. The number of para-hydroxylation sites is 1. The summed E-state index contributed by atoms with van der Waals surface area (Å²) in [7, 11) is 1.64. The average molecular weight is 428 g/mol. The number of nitrogens with zero attached hydrogens (tertiary/aromatic N) is 4. The maximum Gasteiger partial charge on any atom is 0.216 e. The van der Waals surface area contributed by atoms with Gasteiger partial charge in [-0.3, -0.25) is 0 Å². The van der Waals surface area contributed by atoms with Crippen LogP contribution in [-0.4, -0.2) is 32.8 Å². The van der Waals surface area contributed by atoms with Crippen molar-refractivity contribution in [1.29, 1.82) is 0 Å². The number of hydrogen-bond acceptors (Lipinski definition) is 4. The molecule has 5 rings (SSSR count). The SMILES string of the molecule is CCn1c2ccccc2c2cc(C=Nn3c(-c4ccc(OC)cc4)n[nH]c3=S)ccc21. The third kappa shape index (κ3) is 3.33. The normalized spacial score (nSPS) is 11.7. The molecule has 0 unspecified atom stereocenters. The van der Waals surface area contributed by atoms with E-state index >= 15 is 0 Å². The highest BCUT2D eigenvalue weighted by Gasteiger charge is 2.10. The van der Waals surface area contributed by atoms with Crippen LogP contribution in [0.5, 0.6) is 5.75 Å². The number of nitrogens with one attached hydrogen (secondary N) is 1. The van der Waals surface area contributed by atoms with Gasteiger partial charge in [-0.25, -0.2) is 5.10 Å². The van der Waals surface area contributed by atoms with Crippen molar-refractivity contribution in [2.24, 2.45) is 5.10 Å². The molecule has 154 valence electrons. The van der Waals surface area contributed by atoms with Gasteiger partial charge in [0.1, 0.15) is 5.75 Å². The van der Waals surface area contributed by atoms with Crippen LogP contribution in [-0.2, 0) is 6.54 Å². The predicted molar refractivity (Wildman–Crippen MR) is 128 cm³/mol. The molecule has 0 spiro atoms. The lowest BCUT2D eigenvalue weighted by Crippen LogP contribution is -1.96. The third-order valence-electron chi connectivity index (χ3n) is 5.43. The number of H-pyrrole nitrogens is 1. The van der Waals surface area contributed by atoms with Crippen LogP contribution in [0.15, 0.2) is 71.8 Å². The Morgan fingerprint density at radius 1 is 1.03 bits per heavy atom. The molecule has 6 nitrogen and oxygen atoms in total. The van der Waals surface area contributed by atoms with E-state index < -0.39 is 0 Å². The molecule has 0 aliphatic heterocycles. The molecule has 0 saturated carbocycles. The first-order chi connectivity index (χ1) is 15.2. The number of benzene rings is 3. The molecule has 0 aliphatic carbocycles. The summed E-state index contributed by atoms with van der Waals surface area (Å²) in [6.45, 7) is 3.09. The van der Waals surface area contributed by atoms with Crippen LogP contribution in [0.25, 0.3) is 33.2 Å². The van der Waals surface area contributed by atoms with Gasteiger partial charge in [-0.1, -0.05) is 24.3 Å². The molecule has 0 atom stereocenters. The number of fused-ring (bicyclic) bond motifs is 3. The lowest BCUT2D eigenvalue weighted by Gasteiger charge is -2.04. The lowest BCUT2D eigenvalue weighted by molar-refractivity contribution is 0.415. The molecule has 0 amide bonds. The zero-order chi connectivity index (χ0) is 21.4. The van der Waals surface area contributed by atoms with Gasteiger partial charge in [0.25, 0.3) is 0 Å². The van der Waals surface area contributed by atoms with Gasteiger partial charge in [0.2, 0.25) is 4.77 Å². The van der Waals surface area contributed by atoms with Gasteiger partial charge in [0.15, 0.2) is 5.82 Å². The molecular weight excluding hydrogens is 406 g/mol. The molecule has 0 saturated heterocycles. The van der Waals surface area contributed by atoms with Crippen LogP contribution in [0.3, 0.4) is 0 Å². The van der Waals surface area contributed by atoms with Gasteiger partial charge < -0.3 is 9.30 Å². The van der Waals surface area contributed by atoms with Crippen molar-refractivity contribution in [3.05, 3.63) is 77.1 Å². The van der Waals surface area contributed by atoms with Crippen molar-refractivity contribution in [2.75, 3.05) is 7.11 Å². The molecule has 2 heterocycles. The van der Waals surface area contributed by atoms with E-state index in [1.807, 2.05) is 30.5 Å². The monoisotopic (exact) mass is 427 g/mol. The minimum atomic E-state index is 0.436. The second-order valence-corrected chi connectivity index (χ2v) is 7.56. The molecule has 0 aliphatic rings. The predicted octanol–water partition coefficient (Wildman–Crippen LogP) is 5.63. The Morgan fingerprint density at radius 3 is 2.58 bits per heavy atom. The smallest absolute Gasteiger partial charge is 0.216 e. The molecule has 0 radical (unpaired) electrons. The van der Waals surface area contributed by atoms with Crippen LogP contribution in [0.4, 0.5) is 0 Å². The van der Waals surface area contributed by atoms with Crippen molar-refractivity contribution in [1.82, 2.24) is 19.4 Å². The summed E-state index contributed by atoms with van der Waals surface area (Å²) in [5.74, 6) is 1.43. The minimum absolute atomic E-state index is 0.436. The summed E-state index contributed by atoms with van der Waals surface area (Å²) in [4.78, 5) is 0. The van der Waals surface area contributed by atoms with Crippen molar-refractivity contribution >= 4 is 40.2 Å². The maximum absolute atomic E-state index is 5.40. The summed E-state index contributed by atoms with van der Waals surface area (Å²) < 4.78 is 9.64. The summed E-state index contributed by atoms with van der Waals surface area (Å²) >= 11 is 5.40. The molecule has 31 heavy (non-hydrogen) atoms. The number of aryl methyl sites for hydroxylation is 1. The fourth-order valence-electron chi connectivity index (χ4n) is 3.94. The molecule has 0 bridgehead atoms. The number of rotatable bonds is 5. The summed E-state index contributed by atoms with van der Waals surface area (Å²) in [6, 6.07) is 22.5. The van der Waals surface area contributed by atoms with E-state index in [4.69, 9.17) is 17.0 Å². The fraction of sp³-hybridized carbons (Fsp3) is 0.125. The zero-order valence-corrected chi connectivity index (χ0v) is 18.1. The molecule has 5 aromatic rings. The quantitative estimate of drug-likeness (QED) is 0.292.